The number of aliphatic hydroxyl groups is 1. The molecule has 2 unspecified atom stereocenters. The van der Waals surface area contributed by atoms with Crippen LogP contribution < -0.4 is 0 Å². The number of aliphatic hydroxyl groups excluding tert-OH is 1. The molecule has 2 bridgehead atoms. The van der Waals surface area contributed by atoms with Gasteiger partial charge in [-0.25, -0.2) is 0 Å². The molecule has 1 N–H and O–H groups in total. The van der Waals surface area contributed by atoms with Crippen molar-refractivity contribution in [3.63, 3.8) is 0 Å². The molecular formula is C16H28O. The zero-order valence-corrected chi connectivity index (χ0v) is 11.7. The first-order chi connectivity index (χ1) is 8.00. The standard InChI is InChI=1S/C16H28O/c1-10-14-8-12(16(10,2)3)9-15(14)11-5-4-6-13(17)7-11/h10-15,17H,4-9H2,1-3H3/t10?,11-,12+,13-,14+,15?/m1/s1. The summed E-state index contributed by atoms with van der Waals surface area (Å²) in [6.45, 7) is 7.44. The van der Waals surface area contributed by atoms with Gasteiger partial charge in [0.1, 0.15) is 0 Å². The fourth-order valence-corrected chi connectivity index (χ4v) is 5.34. The van der Waals surface area contributed by atoms with Gasteiger partial charge in [-0.1, -0.05) is 27.2 Å². The Balaban J connectivity index is 1.72. The van der Waals surface area contributed by atoms with E-state index in [-0.39, 0.29) is 6.10 Å². The highest BCUT2D eigenvalue weighted by Gasteiger charge is 2.56. The largest absolute Gasteiger partial charge is 0.393 e. The smallest absolute Gasteiger partial charge is 0.0543 e. The second-order valence-corrected chi connectivity index (χ2v) is 7.69. The summed E-state index contributed by atoms with van der Waals surface area (Å²) in [5, 5.41) is 9.88. The predicted molar refractivity (Wildman–Crippen MR) is 70.6 cm³/mol. The summed E-state index contributed by atoms with van der Waals surface area (Å²) in [5.74, 6) is 4.60. The van der Waals surface area contributed by atoms with Gasteiger partial charge in [0.05, 0.1) is 6.10 Å². The number of hydrogen-bond donors (Lipinski definition) is 1. The molecule has 17 heavy (non-hydrogen) atoms. The van der Waals surface area contributed by atoms with E-state index in [9.17, 15) is 5.11 Å². The Kier molecular flexibility index (Phi) is 2.81. The van der Waals surface area contributed by atoms with Gasteiger partial charge >= 0.3 is 0 Å². The fraction of sp³-hybridized carbons (Fsp3) is 1.00. The quantitative estimate of drug-likeness (QED) is 0.733. The Bertz CT molecular complexity index is 292. The zero-order valence-electron chi connectivity index (χ0n) is 11.7. The van der Waals surface area contributed by atoms with Crippen LogP contribution in [0, 0.1) is 35.0 Å². The summed E-state index contributed by atoms with van der Waals surface area (Å²) in [5.41, 5.74) is 0.578. The molecular weight excluding hydrogens is 208 g/mol. The molecule has 0 spiro atoms. The number of hydrogen-bond acceptors (Lipinski definition) is 1. The molecule has 0 aromatic carbocycles. The molecule has 0 aromatic heterocycles. The van der Waals surface area contributed by atoms with E-state index in [1.807, 2.05) is 0 Å². The average Bonchev–Trinajstić information content (AvgIpc) is 2.79. The Morgan fingerprint density at radius 3 is 2.29 bits per heavy atom. The molecule has 3 fully saturated rings. The Morgan fingerprint density at radius 1 is 1.00 bits per heavy atom. The van der Waals surface area contributed by atoms with Gasteiger partial charge in [0.15, 0.2) is 0 Å². The first kappa shape index (κ1) is 12.0. The van der Waals surface area contributed by atoms with Crippen LogP contribution in [0.4, 0.5) is 0 Å². The van der Waals surface area contributed by atoms with Gasteiger partial charge in [0.2, 0.25) is 0 Å². The molecule has 0 heterocycles. The monoisotopic (exact) mass is 236 g/mol. The van der Waals surface area contributed by atoms with Crippen LogP contribution in [0.5, 0.6) is 0 Å². The van der Waals surface area contributed by atoms with E-state index >= 15 is 0 Å². The first-order valence-electron chi connectivity index (χ1n) is 7.68. The first-order valence-corrected chi connectivity index (χ1v) is 7.68. The second-order valence-electron chi connectivity index (χ2n) is 7.69. The minimum absolute atomic E-state index is 0.0104. The molecule has 6 atom stereocenters. The molecule has 3 saturated carbocycles. The molecule has 3 rings (SSSR count). The van der Waals surface area contributed by atoms with Crippen molar-refractivity contribution in [3.8, 4) is 0 Å². The predicted octanol–water partition coefficient (Wildman–Crippen LogP) is 3.86. The van der Waals surface area contributed by atoms with Crippen LogP contribution in [0.15, 0.2) is 0 Å². The van der Waals surface area contributed by atoms with Crippen molar-refractivity contribution in [2.24, 2.45) is 35.0 Å². The van der Waals surface area contributed by atoms with E-state index in [1.165, 1.54) is 25.7 Å². The van der Waals surface area contributed by atoms with Gasteiger partial charge in [-0.05, 0) is 67.1 Å². The third-order valence-electron chi connectivity index (χ3n) is 6.82. The van der Waals surface area contributed by atoms with Crippen molar-refractivity contribution in [2.45, 2.75) is 65.4 Å². The van der Waals surface area contributed by atoms with Crippen LogP contribution in [-0.4, -0.2) is 11.2 Å². The van der Waals surface area contributed by atoms with Crippen LogP contribution in [0.1, 0.15) is 59.3 Å². The van der Waals surface area contributed by atoms with Crippen LogP contribution in [0.2, 0.25) is 0 Å². The van der Waals surface area contributed by atoms with Crippen LogP contribution in [-0.2, 0) is 0 Å². The van der Waals surface area contributed by atoms with Gasteiger partial charge in [-0.3, -0.25) is 0 Å². The lowest BCUT2D eigenvalue weighted by molar-refractivity contribution is 0.0247. The van der Waals surface area contributed by atoms with Gasteiger partial charge < -0.3 is 5.11 Å². The van der Waals surface area contributed by atoms with Crippen molar-refractivity contribution in [3.05, 3.63) is 0 Å². The Morgan fingerprint density at radius 2 is 1.71 bits per heavy atom. The average molecular weight is 236 g/mol. The Hall–Kier alpha value is -0.0400. The third kappa shape index (κ3) is 1.77. The molecule has 0 aromatic rings. The maximum absolute atomic E-state index is 9.88. The van der Waals surface area contributed by atoms with E-state index in [1.54, 1.807) is 0 Å². The molecule has 1 nitrogen and oxygen atoms in total. The summed E-state index contributed by atoms with van der Waals surface area (Å²) in [6, 6.07) is 0. The minimum Gasteiger partial charge on any atom is -0.393 e. The summed E-state index contributed by atoms with van der Waals surface area (Å²) >= 11 is 0. The lowest BCUT2D eigenvalue weighted by atomic mass is 9.62. The third-order valence-corrected chi connectivity index (χ3v) is 6.82. The molecule has 3 aliphatic rings. The lowest BCUT2D eigenvalue weighted by Crippen LogP contribution is -2.37. The maximum atomic E-state index is 9.88. The van der Waals surface area contributed by atoms with E-state index in [2.05, 4.69) is 20.8 Å². The number of rotatable bonds is 1. The van der Waals surface area contributed by atoms with Crippen LogP contribution in [0.3, 0.4) is 0 Å². The molecule has 0 aliphatic heterocycles. The molecule has 0 saturated heterocycles. The Labute approximate surface area is 106 Å². The molecule has 0 radical (unpaired) electrons. The van der Waals surface area contributed by atoms with Gasteiger partial charge in [-0.2, -0.15) is 0 Å². The van der Waals surface area contributed by atoms with Crippen molar-refractivity contribution in [1.29, 1.82) is 0 Å². The van der Waals surface area contributed by atoms with Crippen molar-refractivity contribution in [2.75, 3.05) is 0 Å². The van der Waals surface area contributed by atoms with Gasteiger partial charge in [0, 0.05) is 0 Å². The highest BCUT2D eigenvalue weighted by Crippen LogP contribution is 2.63. The number of fused-ring (bicyclic) bond motifs is 2. The summed E-state index contributed by atoms with van der Waals surface area (Å²) in [4.78, 5) is 0. The molecule has 1 heteroatoms. The topological polar surface area (TPSA) is 20.2 Å². The summed E-state index contributed by atoms with van der Waals surface area (Å²) in [6.07, 6.45) is 7.75. The van der Waals surface area contributed by atoms with Crippen LogP contribution >= 0.6 is 0 Å². The molecule has 98 valence electrons. The molecule has 3 aliphatic carbocycles. The van der Waals surface area contributed by atoms with E-state index in [4.69, 9.17) is 0 Å². The van der Waals surface area contributed by atoms with E-state index in [0.29, 0.717) is 5.41 Å². The van der Waals surface area contributed by atoms with Crippen LogP contribution in [0.25, 0.3) is 0 Å². The fourth-order valence-electron chi connectivity index (χ4n) is 5.34. The maximum Gasteiger partial charge on any atom is 0.0543 e. The second kappa shape index (κ2) is 3.98. The van der Waals surface area contributed by atoms with Gasteiger partial charge in [0.25, 0.3) is 0 Å². The van der Waals surface area contributed by atoms with Gasteiger partial charge in [-0.15, -0.1) is 0 Å². The van der Waals surface area contributed by atoms with E-state index in [0.717, 1.165) is 42.4 Å². The lowest BCUT2D eigenvalue weighted by Gasteiger charge is -2.44. The SMILES string of the molecule is CC1[C@@H]2C[C@@H](CC2[C@@H]2CCC[C@@H](O)C2)C1(C)C. The van der Waals surface area contributed by atoms with E-state index < -0.39 is 0 Å². The zero-order chi connectivity index (χ0) is 12.2. The highest BCUT2D eigenvalue weighted by atomic mass is 16.3. The minimum atomic E-state index is 0.0104. The van der Waals surface area contributed by atoms with Crippen molar-refractivity contribution >= 4 is 0 Å². The highest BCUT2D eigenvalue weighted by molar-refractivity contribution is 5.05. The normalized spacial score (nSPS) is 52.9. The summed E-state index contributed by atoms with van der Waals surface area (Å²) in [7, 11) is 0. The molecule has 0 amide bonds. The van der Waals surface area contributed by atoms with Crippen molar-refractivity contribution < 1.29 is 5.11 Å². The van der Waals surface area contributed by atoms with Crippen molar-refractivity contribution in [1.82, 2.24) is 0 Å². The summed E-state index contributed by atoms with van der Waals surface area (Å²) < 4.78 is 0.